The lowest BCUT2D eigenvalue weighted by atomic mass is 9.95. The highest BCUT2D eigenvalue weighted by molar-refractivity contribution is 4.86. The highest BCUT2D eigenvalue weighted by atomic mass is 19.4. The van der Waals surface area contributed by atoms with Crippen molar-refractivity contribution in [2.75, 3.05) is 26.2 Å². The fourth-order valence-electron chi connectivity index (χ4n) is 2.68. The molecule has 2 nitrogen and oxygen atoms in total. The lowest BCUT2D eigenvalue weighted by Gasteiger charge is -2.37. The van der Waals surface area contributed by atoms with Crippen LogP contribution >= 0.6 is 0 Å². The minimum absolute atomic E-state index is 0.000810. The fourth-order valence-corrected chi connectivity index (χ4v) is 2.68. The average molecular weight is 250 g/mol. The van der Waals surface area contributed by atoms with Crippen LogP contribution < -0.4 is 5.32 Å². The molecule has 0 bridgehead atoms. The molecular weight excluding hydrogens is 229 g/mol. The van der Waals surface area contributed by atoms with Crippen LogP contribution in [0.5, 0.6) is 0 Å². The van der Waals surface area contributed by atoms with E-state index >= 15 is 0 Å². The second-order valence-electron chi connectivity index (χ2n) is 5.70. The standard InChI is InChI=1S/C12H21F3N2/c1-9-4-11(16-8-12(13,14)15)7-17(5-9)6-10-2-3-10/h9-11,16H,2-8H2,1H3. The Bertz CT molecular complexity index is 249. The Morgan fingerprint density at radius 3 is 2.53 bits per heavy atom. The molecule has 1 aliphatic carbocycles. The molecule has 0 radical (unpaired) electrons. The zero-order chi connectivity index (χ0) is 12.5. The summed E-state index contributed by atoms with van der Waals surface area (Å²) in [6, 6.07) is -0.000810. The number of piperidine rings is 1. The van der Waals surface area contributed by atoms with Gasteiger partial charge in [0, 0.05) is 25.7 Å². The van der Waals surface area contributed by atoms with Crippen molar-refractivity contribution in [2.45, 2.75) is 38.4 Å². The maximum atomic E-state index is 12.1. The van der Waals surface area contributed by atoms with Gasteiger partial charge in [0.2, 0.25) is 0 Å². The van der Waals surface area contributed by atoms with E-state index in [1.807, 2.05) is 0 Å². The lowest BCUT2D eigenvalue weighted by Crippen LogP contribution is -2.51. The number of nitrogens with zero attached hydrogens (tertiary/aromatic N) is 1. The van der Waals surface area contributed by atoms with Crippen molar-refractivity contribution in [1.29, 1.82) is 0 Å². The summed E-state index contributed by atoms with van der Waals surface area (Å²) in [6.07, 6.45) is -0.643. The van der Waals surface area contributed by atoms with Crippen molar-refractivity contribution in [3.8, 4) is 0 Å². The Hall–Kier alpha value is -0.290. The van der Waals surface area contributed by atoms with Gasteiger partial charge < -0.3 is 10.2 Å². The van der Waals surface area contributed by atoms with Crippen molar-refractivity contribution in [3.05, 3.63) is 0 Å². The number of rotatable bonds is 4. The highest BCUT2D eigenvalue weighted by Gasteiger charge is 2.32. The van der Waals surface area contributed by atoms with Gasteiger partial charge in [-0.25, -0.2) is 0 Å². The van der Waals surface area contributed by atoms with Gasteiger partial charge >= 0.3 is 6.18 Å². The van der Waals surface area contributed by atoms with Gasteiger partial charge in [-0.2, -0.15) is 13.2 Å². The Kier molecular flexibility index (Phi) is 3.98. The first kappa shape index (κ1) is 13.1. The second kappa shape index (κ2) is 5.14. The number of likely N-dealkylation sites (tertiary alicyclic amines) is 1. The molecule has 0 spiro atoms. The van der Waals surface area contributed by atoms with E-state index in [-0.39, 0.29) is 6.04 Å². The third kappa shape index (κ3) is 4.84. The maximum Gasteiger partial charge on any atom is 0.401 e. The second-order valence-corrected chi connectivity index (χ2v) is 5.70. The number of halogens is 3. The summed E-state index contributed by atoms with van der Waals surface area (Å²) >= 11 is 0. The van der Waals surface area contributed by atoms with E-state index in [1.54, 1.807) is 0 Å². The van der Waals surface area contributed by atoms with E-state index in [0.29, 0.717) is 5.92 Å². The van der Waals surface area contributed by atoms with Gasteiger partial charge in [-0.05, 0) is 31.1 Å². The predicted octanol–water partition coefficient (Wildman–Crippen LogP) is 2.26. The molecule has 1 heterocycles. The number of hydrogen-bond donors (Lipinski definition) is 1. The first-order chi connectivity index (χ1) is 7.92. The summed E-state index contributed by atoms with van der Waals surface area (Å²) in [7, 11) is 0. The summed E-state index contributed by atoms with van der Waals surface area (Å²) in [5, 5.41) is 2.65. The largest absolute Gasteiger partial charge is 0.401 e. The van der Waals surface area contributed by atoms with Gasteiger partial charge in [-0.1, -0.05) is 6.92 Å². The van der Waals surface area contributed by atoms with E-state index < -0.39 is 12.7 Å². The van der Waals surface area contributed by atoms with E-state index in [1.165, 1.54) is 12.8 Å². The molecule has 2 fully saturated rings. The average Bonchev–Trinajstić information content (AvgIpc) is 2.97. The molecular formula is C12H21F3N2. The Balaban J connectivity index is 1.76. The summed E-state index contributed by atoms with van der Waals surface area (Å²) in [6.45, 7) is 4.16. The SMILES string of the molecule is CC1CC(NCC(F)(F)F)CN(CC2CC2)C1. The minimum atomic E-state index is -4.10. The molecule has 1 N–H and O–H groups in total. The van der Waals surface area contributed by atoms with Crippen molar-refractivity contribution in [3.63, 3.8) is 0 Å². The molecule has 2 atom stereocenters. The van der Waals surface area contributed by atoms with Crippen molar-refractivity contribution in [1.82, 2.24) is 10.2 Å². The molecule has 0 aromatic rings. The summed E-state index contributed by atoms with van der Waals surface area (Å²) in [4.78, 5) is 2.33. The van der Waals surface area contributed by atoms with Crippen LogP contribution in [0.2, 0.25) is 0 Å². The Morgan fingerprint density at radius 2 is 1.94 bits per heavy atom. The molecule has 17 heavy (non-hydrogen) atoms. The van der Waals surface area contributed by atoms with Gasteiger partial charge in [-0.15, -0.1) is 0 Å². The highest BCUT2D eigenvalue weighted by Crippen LogP contribution is 2.31. The van der Waals surface area contributed by atoms with Gasteiger partial charge in [0.25, 0.3) is 0 Å². The van der Waals surface area contributed by atoms with Crippen molar-refractivity contribution in [2.24, 2.45) is 11.8 Å². The van der Waals surface area contributed by atoms with Crippen LogP contribution in [0.4, 0.5) is 13.2 Å². The zero-order valence-electron chi connectivity index (χ0n) is 10.3. The molecule has 2 unspecified atom stereocenters. The van der Waals surface area contributed by atoms with Gasteiger partial charge in [0.15, 0.2) is 0 Å². The molecule has 0 amide bonds. The van der Waals surface area contributed by atoms with Crippen molar-refractivity contribution >= 4 is 0 Å². The number of alkyl halides is 3. The van der Waals surface area contributed by atoms with Gasteiger partial charge in [-0.3, -0.25) is 0 Å². The van der Waals surface area contributed by atoms with Crippen LogP contribution in [0.1, 0.15) is 26.2 Å². The van der Waals surface area contributed by atoms with Crippen molar-refractivity contribution < 1.29 is 13.2 Å². The topological polar surface area (TPSA) is 15.3 Å². The molecule has 2 aliphatic rings. The van der Waals surface area contributed by atoms with E-state index in [9.17, 15) is 13.2 Å². The molecule has 1 saturated heterocycles. The monoisotopic (exact) mass is 250 g/mol. The smallest absolute Gasteiger partial charge is 0.305 e. The van der Waals surface area contributed by atoms with E-state index in [4.69, 9.17) is 0 Å². The molecule has 1 saturated carbocycles. The maximum absolute atomic E-state index is 12.1. The lowest BCUT2D eigenvalue weighted by molar-refractivity contribution is -0.127. The molecule has 1 aliphatic heterocycles. The summed E-state index contributed by atoms with van der Waals surface area (Å²) in [5.41, 5.74) is 0. The van der Waals surface area contributed by atoms with Gasteiger partial charge in [0.1, 0.15) is 0 Å². The normalized spacial score (nSPS) is 31.8. The summed E-state index contributed by atoms with van der Waals surface area (Å²) < 4.78 is 36.4. The first-order valence-corrected chi connectivity index (χ1v) is 6.45. The van der Waals surface area contributed by atoms with Gasteiger partial charge in [0.05, 0.1) is 6.54 Å². The Morgan fingerprint density at radius 1 is 1.24 bits per heavy atom. The van der Waals surface area contributed by atoms with Crippen LogP contribution in [0, 0.1) is 11.8 Å². The number of hydrogen-bond acceptors (Lipinski definition) is 2. The molecule has 0 aromatic carbocycles. The van der Waals surface area contributed by atoms with Crippen LogP contribution in [-0.4, -0.2) is 43.3 Å². The zero-order valence-corrected chi connectivity index (χ0v) is 10.3. The third-order valence-corrected chi connectivity index (χ3v) is 3.54. The summed E-state index contributed by atoms with van der Waals surface area (Å²) in [5.74, 6) is 1.30. The quantitative estimate of drug-likeness (QED) is 0.823. The van der Waals surface area contributed by atoms with Crippen LogP contribution in [0.25, 0.3) is 0 Å². The van der Waals surface area contributed by atoms with Crippen LogP contribution in [-0.2, 0) is 0 Å². The number of nitrogens with one attached hydrogen (secondary N) is 1. The van der Waals surface area contributed by atoms with Crippen LogP contribution in [0.3, 0.4) is 0 Å². The third-order valence-electron chi connectivity index (χ3n) is 3.54. The van der Waals surface area contributed by atoms with E-state index in [2.05, 4.69) is 17.1 Å². The molecule has 2 rings (SSSR count). The minimum Gasteiger partial charge on any atom is -0.305 e. The van der Waals surface area contributed by atoms with Crippen LogP contribution in [0.15, 0.2) is 0 Å². The first-order valence-electron chi connectivity index (χ1n) is 6.45. The van der Waals surface area contributed by atoms with E-state index in [0.717, 1.165) is 32.0 Å². The fraction of sp³-hybridized carbons (Fsp3) is 1.00. The molecule has 5 heteroatoms. The molecule has 100 valence electrons. The Labute approximate surface area is 101 Å². The predicted molar refractivity (Wildman–Crippen MR) is 60.8 cm³/mol. The molecule has 0 aromatic heterocycles.